The summed E-state index contributed by atoms with van der Waals surface area (Å²) in [5.41, 5.74) is 4.34. The van der Waals surface area contributed by atoms with Gasteiger partial charge in [-0.1, -0.05) is 0 Å². The Labute approximate surface area is 212 Å². The molecule has 6 N–H and O–H groups in total. The third-order valence-electron chi connectivity index (χ3n) is 5.94. The van der Waals surface area contributed by atoms with Gasteiger partial charge in [-0.15, -0.1) is 0 Å². The summed E-state index contributed by atoms with van der Waals surface area (Å²) < 4.78 is 40.4. The first-order valence-electron chi connectivity index (χ1n) is 11.4. The summed E-state index contributed by atoms with van der Waals surface area (Å²) in [5.74, 6) is 0.465. The highest BCUT2D eigenvalue weighted by Crippen LogP contribution is 2.46. The van der Waals surface area contributed by atoms with Gasteiger partial charge in [0.1, 0.15) is 18.3 Å². The van der Waals surface area contributed by atoms with Crippen LogP contribution in [0.5, 0.6) is 17.2 Å². The maximum absolute atomic E-state index is 13.0. The van der Waals surface area contributed by atoms with E-state index < -0.39 is 50.0 Å². The number of unbranched alkanes of at least 4 members (excludes halogenated alkanes) is 1. The van der Waals surface area contributed by atoms with E-state index in [4.69, 9.17) is 29.2 Å². The molecule has 1 fully saturated rings. The van der Waals surface area contributed by atoms with E-state index in [1.807, 2.05) is 0 Å². The number of hydrogen-bond acceptors (Lipinski definition) is 11. The molecule has 0 radical (unpaired) electrons. The first-order valence-corrected chi connectivity index (χ1v) is 13.0. The lowest BCUT2D eigenvalue weighted by atomic mass is 10.1. The zero-order valence-electron chi connectivity index (χ0n) is 20.7. The van der Waals surface area contributed by atoms with Crippen molar-refractivity contribution in [2.75, 3.05) is 34.5 Å². The van der Waals surface area contributed by atoms with Gasteiger partial charge in [-0.2, -0.15) is 0 Å². The predicted molar refractivity (Wildman–Crippen MR) is 131 cm³/mol. The Kier molecular flexibility index (Phi) is 9.53. The average Bonchev–Trinajstić information content (AvgIpc) is 3.16. The molecule has 5 atom stereocenters. The molecule has 0 bridgehead atoms. The van der Waals surface area contributed by atoms with Crippen molar-refractivity contribution in [1.29, 1.82) is 0 Å². The van der Waals surface area contributed by atoms with Crippen LogP contribution in [0.4, 0.5) is 0 Å². The van der Waals surface area contributed by atoms with Gasteiger partial charge >= 0.3 is 13.3 Å². The van der Waals surface area contributed by atoms with Gasteiger partial charge < -0.3 is 44.3 Å². The predicted octanol–water partition coefficient (Wildman–Crippen LogP) is -1.01. The van der Waals surface area contributed by atoms with Crippen LogP contribution in [-0.4, -0.2) is 77.5 Å². The minimum atomic E-state index is -4.50. The van der Waals surface area contributed by atoms with Crippen LogP contribution in [0.1, 0.15) is 24.6 Å². The standard InChI is InChI=1S/C22H32N3O11P/c1-32-14-8-13(9-15(33-2)19(14)34-3)37(30,31)35-11-16-17(26)18(27)21(36-16)25-10-12(6-4-5-7-23)20(28)24-22(25)29/h8-10,16-18,21,26-27H,4-7,11,23H2,1-3H3,(H,30,31)(H,24,28,29). The molecule has 206 valence electrons. The number of rotatable bonds is 12. The number of nitrogens with two attached hydrogens (primary N) is 1. The molecule has 0 spiro atoms. The van der Waals surface area contributed by atoms with E-state index in [1.54, 1.807) is 0 Å². The fraction of sp³-hybridized carbons (Fsp3) is 0.545. The zero-order valence-corrected chi connectivity index (χ0v) is 21.6. The van der Waals surface area contributed by atoms with Crippen LogP contribution in [0.3, 0.4) is 0 Å². The van der Waals surface area contributed by atoms with Crippen molar-refractivity contribution in [1.82, 2.24) is 9.55 Å². The monoisotopic (exact) mass is 545 g/mol. The minimum absolute atomic E-state index is 0.127. The van der Waals surface area contributed by atoms with Crippen LogP contribution < -0.4 is 36.5 Å². The van der Waals surface area contributed by atoms with E-state index in [0.29, 0.717) is 25.8 Å². The van der Waals surface area contributed by atoms with Crippen molar-refractivity contribution >= 4 is 12.9 Å². The van der Waals surface area contributed by atoms with Gasteiger partial charge in [0, 0.05) is 11.8 Å². The fourth-order valence-corrected chi connectivity index (χ4v) is 4.99. The second-order valence-corrected chi connectivity index (χ2v) is 10.1. The van der Waals surface area contributed by atoms with Crippen LogP contribution in [0, 0.1) is 0 Å². The van der Waals surface area contributed by atoms with E-state index in [1.165, 1.54) is 39.7 Å². The summed E-state index contributed by atoms with van der Waals surface area (Å²) in [6.45, 7) is -0.165. The topological polar surface area (TPSA) is 205 Å². The largest absolute Gasteiger partial charge is 0.493 e. The molecule has 1 aliphatic rings. The van der Waals surface area contributed by atoms with E-state index in [2.05, 4.69) is 4.98 Å². The highest BCUT2D eigenvalue weighted by atomic mass is 31.2. The van der Waals surface area contributed by atoms with Crippen LogP contribution in [-0.2, 0) is 20.2 Å². The Bertz CT molecular complexity index is 1220. The van der Waals surface area contributed by atoms with Crippen LogP contribution in [0.2, 0.25) is 0 Å². The van der Waals surface area contributed by atoms with Crippen molar-refractivity contribution in [3.05, 3.63) is 44.7 Å². The van der Waals surface area contributed by atoms with Gasteiger partial charge in [-0.3, -0.25) is 18.9 Å². The van der Waals surface area contributed by atoms with Crippen molar-refractivity contribution in [2.24, 2.45) is 5.73 Å². The van der Waals surface area contributed by atoms with Gasteiger partial charge in [0.05, 0.1) is 33.2 Å². The second kappa shape index (κ2) is 12.2. The molecule has 3 rings (SSSR count). The first kappa shape index (κ1) is 28.9. The number of methoxy groups -OCH3 is 3. The molecule has 0 aliphatic carbocycles. The van der Waals surface area contributed by atoms with Crippen molar-refractivity contribution in [2.45, 2.75) is 43.8 Å². The molecule has 14 nitrogen and oxygen atoms in total. The summed E-state index contributed by atoms with van der Waals surface area (Å²) in [6, 6.07) is 2.50. The lowest BCUT2D eigenvalue weighted by Crippen LogP contribution is -2.39. The number of aliphatic hydroxyl groups excluding tert-OH is 2. The lowest BCUT2D eigenvalue weighted by Gasteiger charge is -2.20. The van der Waals surface area contributed by atoms with Crippen molar-refractivity contribution < 1.29 is 43.1 Å². The van der Waals surface area contributed by atoms with E-state index in [-0.39, 0.29) is 28.1 Å². The van der Waals surface area contributed by atoms with Crippen LogP contribution in [0.25, 0.3) is 0 Å². The number of hydrogen-bond donors (Lipinski definition) is 5. The average molecular weight is 545 g/mol. The molecule has 1 aliphatic heterocycles. The summed E-state index contributed by atoms with van der Waals surface area (Å²) >= 11 is 0. The maximum Gasteiger partial charge on any atom is 0.359 e. The smallest absolute Gasteiger partial charge is 0.359 e. The number of aromatic nitrogens is 2. The van der Waals surface area contributed by atoms with Crippen molar-refractivity contribution in [3.8, 4) is 17.2 Å². The molecule has 0 amide bonds. The lowest BCUT2D eigenvalue weighted by molar-refractivity contribution is -0.0523. The first-order chi connectivity index (χ1) is 17.6. The van der Waals surface area contributed by atoms with Gasteiger partial charge in [0.15, 0.2) is 17.7 Å². The van der Waals surface area contributed by atoms with E-state index in [9.17, 15) is 29.3 Å². The molecule has 2 heterocycles. The number of H-pyrrole nitrogens is 1. The molecule has 0 saturated carbocycles. The summed E-state index contributed by atoms with van der Waals surface area (Å²) in [7, 11) is -0.430. The van der Waals surface area contributed by atoms with Crippen LogP contribution >= 0.6 is 7.60 Å². The Hall–Kier alpha value is -2.71. The number of benzene rings is 1. The third kappa shape index (κ3) is 6.24. The molecular formula is C22H32N3O11P. The molecule has 1 aromatic heterocycles. The Morgan fingerprint density at radius 1 is 1.08 bits per heavy atom. The van der Waals surface area contributed by atoms with E-state index >= 15 is 0 Å². The summed E-state index contributed by atoms with van der Waals surface area (Å²) in [4.78, 5) is 37.3. The van der Waals surface area contributed by atoms with Gasteiger partial charge in [0.25, 0.3) is 5.56 Å². The van der Waals surface area contributed by atoms with Gasteiger partial charge in [-0.05, 0) is 37.9 Å². The fourth-order valence-electron chi connectivity index (χ4n) is 3.93. The number of nitrogens with zero attached hydrogens (tertiary/aromatic N) is 1. The molecular weight excluding hydrogens is 513 g/mol. The van der Waals surface area contributed by atoms with Gasteiger partial charge in [-0.25, -0.2) is 4.79 Å². The SMILES string of the molecule is COc1cc(P(=O)(O)OCC2OC(n3cc(CCCCN)c(=O)[nH]c3=O)C(O)C2O)cc(OC)c1OC. The molecule has 2 aromatic rings. The number of aryl methyl sites for hydroxylation is 1. The van der Waals surface area contributed by atoms with Crippen LogP contribution in [0.15, 0.2) is 27.9 Å². The number of ether oxygens (including phenoxy) is 4. The highest BCUT2D eigenvalue weighted by molar-refractivity contribution is 7.61. The zero-order chi connectivity index (χ0) is 27.3. The maximum atomic E-state index is 13.0. The molecule has 5 unspecified atom stereocenters. The summed E-state index contributed by atoms with van der Waals surface area (Å²) in [5, 5.41) is 20.9. The second-order valence-electron chi connectivity index (χ2n) is 8.31. The van der Waals surface area contributed by atoms with Gasteiger partial charge in [0.2, 0.25) is 5.75 Å². The van der Waals surface area contributed by atoms with Crippen molar-refractivity contribution in [3.63, 3.8) is 0 Å². The normalized spacial score (nSPS) is 23.0. The molecule has 37 heavy (non-hydrogen) atoms. The number of nitrogens with one attached hydrogen (secondary N) is 1. The minimum Gasteiger partial charge on any atom is -0.493 e. The molecule has 15 heteroatoms. The Morgan fingerprint density at radius 2 is 1.73 bits per heavy atom. The van der Waals surface area contributed by atoms with E-state index in [0.717, 1.165) is 4.57 Å². The highest BCUT2D eigenvalue weighted by Gasteiger charge is 2.45. The molecule has 1 saturated heterocycles. The number of aromatic amines is 1. The Morgan fingerprint density at radius 3 is 2.30 bits per heavy atom. The Balaban J connectivity index is 1.79. The third-order valence-corrected chi connectivity index (χ3v) is 7.35. The number of aliphatic hydroxyl groups is 2. The molecule has 1 aromatic carbocycles. The summed E-state index contributed by atoms with van der Waals surface area (Å²) in [6.07, 6.45) is -2.92. The quantitative estimate of drug-likeness (QED) is 0.161.